The lowest BCUT2D eigenvalue weighted by Crippen LogP contribution is -2.50. The van der Waals surface area contributed by atoms with Crippen LogP contribution in [0.3, 0.4) is 0 Å². The molecule has 1 amide bonds. The van der Waals surface area contributed by atoms with Gasteiger partial charge in [0.2, 0.25) is 5.91 Å². The summed E-state index contributed by atoms with van der Waals surface area (Å²) in [5, 5.41) is 16.7. The Balaban J connectivity index is 1.29. The van der Waals surface area contributed by atoms with Crippen LogP contribution in [0.5, 0.6) is 11.5 Å². The van der Waals surface area contributed by atoms with Crippen LogP contribution < -0.4 is 20.1 Å². The van der Waals surface area contributed by atoms with Gasteiger partial charge in [-0.1, -0.05) is 6.07 Å². The van der Waals surface area contributed by atoms with Crippen LogP contribution in [0.2, 0.25) is 0 Å². The number of nitrogens with one attached hydrogen (secondary N) is 2. The largest absolute Gasteiger partial charge is 0.493 e. The summed E-state index contributed by atoms with van der Waals surface area (Å²) >= 11 is 0. The first-order valence-electron chi connectivity index (χ1n) is 10.5. The van der Waals surface area contributed by atoms with Gasteiger partial charge in [-0.3, -0.25) is 14.6 Å². The maximum Gasteiger partial charge on any atom is 0.234 e. The minimum atomic E-state index is -0.665. The van der Waals surface area contributed by atoms with Gasteiger partial charge in [-0.05, 0) is 30.5 Å². The van der Waals surface area contributed by atoms with Crippen LogP contribution in [0.25, 0.3) is 0 Å². The van der Waals surface area contributed by atoms with Gasteiger partial charge < -0.3 is 25.2 Å². The fourth-order valence-electron chi connectivity index (χ4n) is 4.59. The van der Waals surface area contributed by atoms with E-state index in [-0.39, 0.29) is 12.5 Å². The summed E-state index contributed by atoms with van der Waals surface area (Å²) in [4.78, 5) is 15.9. The normalized spacial score (nSPS) is 26.2. The van der Waals surface area contributed by atoms with E-state index in [2.05, 4.69) is 21.6 Å². The van der Waals surface area contributed by atoms with E-state index in [1.165, 1.54) is 18.4 Å². The van der Waals surface area contributed by atoms with E-state index >= 15 is 0 Å². The van der Waals surface area contributed by atoms with Crippen molar-refractivity contribution in [3.05, 3.63) is 23.8 Å². The Morgan fingerprint density at radius 3 is 2.72 bits per heavy atom. The van der Waals surface area contributed by atoms with Crippen LogP contribution >= 0.6 is 0 Å². The number of fused-ring (bicyclic) bond motifs is 2. The predicted molar refractivity (Wildman–Crippen MR) is 109 cm³/mol. The third kappa shape index (κ3) is 5.39. The number of carbonyl (C=O) groups excluding carboxylic acids is 1. The molecule has 3 heterocycles. The SMILES string of the molecule is COc1cc(CN2C[C@H]3CC[C@@H](C2)N3)ccc1OCC(O)CN1CCNC(=O)C1. The van der Waals surface area contributed by atoms with Crippen molar-refractivity contribution in [2.24, 2.45) is 0 Å². The number of β-amino-alcohol motifs (C(OH)–C–C–N with tert-alkyl or cyclic N) is 1. The first-order valence-corrected chi connectivity index (χ1v) is 10.5. The molecule has 1 aromatic rings. The second-order valence-corrected chi connectivity index (χ2v) is 8.37. The van der Waals surface area contributed by atoms with Gasteiger partial charge in [0, 0.05) is 51.4 Å². The van der Waals surface area contributed by atoms with Crippen molar-refractivity contribution >= 4 is 5.91 Å². The number of hydrogen-bond acceptors (Lipinski definition) is 7. The van der Waals surface area contributed by atoms with Gasteiger partial charge >= 0.3 is 0 Å². The number of hydrogen-bond donors (Lipinski definition) is 3. The van der Waals surface area contributed by atoms with Gasteiger partial charge in [0.15, 0.2) is 11.5 Å². The first-order chi connectivity index (χ1) is 14.1. The Morgan fingerprint density at radius 1 is 1.21 bits per heavy atom. The Morgan fingerprint density at radius 2 is 2.00 bits per heavy atom. The van der Waals surface area contributed by atoms with E-state index in [0.717, 1.165) is 26.2 Å². The first kappa shape index (κ1) is 20.4. The zero-order chi connectivity index (χ0) is 20.2. The molecule has 8 heteroatoms. The molecular formula is C21H32N4O4. The summed E-state index contributed by atoms with van der Waals surface area (Å²) in [6.07, 6.45) is 1.89. The Bertz CT molecular complexity index is 704. The molecular weight excluding hydrogens is 372 g/mol. The Hall–Kier alpha value is -1.87. The van der Waals surface area contributed by atoms with E-state index in [9.17, 15) is 9.90 Å². The van der Waals surface area contributed by atoms with Gasteiger partial charge in [-0.15, -0.1) is 0 Å². The molecule has 0 aliphatic carbocycles. The molecule has 8 nitrogen and oxygen atoms in total. The van der Waals surface area contributed by atoms with Crippen molar-refractivity contribution in [2.75, 3.05) is 53.0 Å². The van der Waals surface area contributed by atoms with Gasteiger partial charge in [0.05, 0.1) is 13.7 Å². The van der Waals surface area contributed by atoms with Crippen LogP contribution in [-0.4, -0.2) is 92.0 Å². The van der Waals surface area contributed by atoms with E-state index < -0.39 is 6.10 Å². The molecule has 3 N–H and O–H groups in total. The van der Waals surface area contributed by atoms with Crippen molar-refractivity contribution in [3.63, 3.8) is 0 Å². The molecule has 1 aromatic carbocycles. The van der Waals surface area contributed by atoms with Crippen molar-refractivity contribution in [1.29, 1.82) is 0 Å². The number of aliphatic hydroxyl groups excluding tert-OH is 1. The molecule has 0 spiro atoms. The van der Waals surface area contributed by atoms with Gasteiger partial charge in [-0.2, -0.15) is 0 Å². The van der Waals surface area contributed by atoms with Crippen molar-refractivity contribution in [1.82, 2.24) is 20.4 Å². The predicted octanol–water partition coefficient (Wildman–Crippen LogP) is -0.197. The number of nitrogens with zero attached hydrogens (tertiary/aromatic N) is 2. The van der Waals surface area contributed by atoms with Crippen LogP contribution in [0.1, 0.15) is 18.4 Å². The minimum Gasteiger partial charge on any atom is -0.493 e. The zero-order valence-electron chi connectivity index (χ0n) is 17.1. The summed E-state index contributed by atoms with van der Waals surface area (Å²) < 4.78 is 11.3. The maximum absolute atomic E-state index is 11.4. The number of carbonyl (C=O) groups is 1. The molecule has 29 heavy (non-hydrogen) atoms. The molecule has 2 bridgehead atoms. The number of rotatable bonds is 8. The van der Waals surface area contributed by atoms with E-state index in [1.807, 2.05) is 17.0 Å². The number of piperazine rings is 2. The number of methoxy groups -OCH3 is 1. The highest BCUT2D eigenvalue weighted by Crippen LogP contribution is 2.29. The van der Waals surface area contributed by atoms with Crippen LogP contribution in [0.4, 0.5) is 0 Å². The maximum atomic E-state index is 11.4. The van der Waals surface area contributed by atoms with E-state index in [0.29, 0.717) is 43.2 Å². The van der Waals surface area contributed by atoms with Gasteiger partial charge in [-0.25, -0.2) is 0 Å². The fraction of sp³-hybridized carbons (Fsp3) is 0.667. The lowest BCUT2D eigenvalue weighted by molar-refractivity contribution is -0.124. The van der Waals surface area contributed by atoms with Crippen LogP contribution in [-0.2, 0) is 11.3 Å². The van der Waals surface area contributed by atoms with E-state index in [4.69, 9.17) is 9.47 Å². The zero-order valence-corrected chi connectivity index (χ0v) is 17.1. The summed E-state index contributed by atoms with van der Waals surface area (Å²) in [5.41, 5.74) is 1.20. The summed E-state index contributed by atoms with van der Waals surface area (Å²) in [5.74, 6) is 1.32. The molecule has 4 rings (SSSR count). The van der Waals surface area contributed by atoms with Crippen LogP contribution in [0, 0.1) is 0 Å². The molecule has 160 valence electrons. The average Bonchev–Trinajstić information content (AvgIpc) is 3.05. The molecule has 3 aliphatic heterocycles. The summed E-state index contributed by atoms with van der Waals surface area (Å²) in [7, 11) is 1.64. The van der Waals surface area contributed by atoms with Crippen LogP contribution in [0.15, 0.2) is 18.2 Å². The second kappa shape index (κ2) is 9.30. The summed E-state index contributed by atoms with van der Waals surface area (Å²) in [6.45, 7) is 5.36. The third-order valence-corrected chi connectivity index (χ3v) is 5.94. The number of benzene rings is 1. The molecule has 0 aromatic heterocycles. The second-order valence-electron chi connectivity index (χ2n) is 8.37. The van der Waals surface area contributed by atoms with Crippen molar-refractivity contribution < 1.29 is 19.4 Å². The molecule has 3 saturated heterocycles. The smallest absolute Gasteiger partial charge is 0.234 e. The molecule has 1 unspecified atom stereocenters. The minimum absolute atomic E-state index is 0.000815. The highest BCUT2D eigenvalue weighted by atomic mass is 16.5. The molecule has 3 atom stereocenters. The third-order valence-electron chi connectivity index (χ3n) is 5.94. The lowest BCUT2D eigenvalue weighted by atomic mass is 10.1. The Kier molecular flexibility index (Phi) is 6.54. The molecule has 0 radical (unpaired) electrons. The number of likely N-dealkylation sites (tertiary alicyclic amines) is 1. The van der Waals surface area contributed by atoms with Crippen molar-refractivity contribution in [2.45, 2.75) is 37.6 Å². The van der Waals surface area contributed by atoms with Crippen molar-refractivity contribution in [3.8, 4) is 11.5 Å². The molecule has 0 saturated carbocycles. The highest BCUT2D eigenvalue weighted by molar-refractivity contribution is 5.78. The topological polar surface area (TPSA) is 86.3 Å². The number of ether oxygens (including phenoxy) is 2. The van der Waals surface area contributed by atoms with Gasteiger partial charge in [0.25, 0.3) is 0 Å². The summed E-state index contributed by atoms with van der Waals surface area (Å²) in [6, 6.07) is 7.28. The standard InChI is InChI=1S/C21H32N4O4/c1-28-20-8-15(9-25-10-16-3-4-17(11-25)23-16)2-5-19(20)29-14-18(26)12-24-7-6-22-21(27)13-24/h2,5,8,16-18,23,26H,3-4,6-7,9-14H2,1H3,(H,22,27)/t16-,17+,18?. The Labute approximate surface area is 172 Å². The fourth-order valence-corrected chi connectivity index (χ4v) is 4.59. The average molecular weight is 405 g/mol. The van der Waals surface area contributed by atoms with Gasteiger partial charge in [0.1, 0.15) is 12.7 Å². The van der Waals surface area contributed by atoms with E-state index in [1.54, 1.807) is 7.11 Å². The number of amides is 1. The molecule has 3 fully saturated rings. The molecule has 3 aliphatic rings. The quantitative estimate of drug-likeness (QED) is 0.553. The lowest BCUT2D eigenvalue weighted by Gasteiger charge is -2.32. The highest BCUT2D eigenvalue weighted by Gasteiger charge is 2.32. The number of aliphatic hydroxyl groups is 1. The monoisotopic (exact) mass is 404 g/mol.